The lowest BCUT2D eigenvalue weighted by Crippen LogP contribution is -2.39. The minimum absolute atomic E-state index is 0.0587. The number of carbonyl (C=O) groups excluding carboxylic acids is 2. The number of carbonyl (C=O) groups is 2. The van der Waals surface area contributed by atoms with Crippen molar-refractivity contribution in [3.05, 3.63) is 58.1 Å². The van der Waals surface area contributed by atoms with Gasteiger partial charge in [0.2, 0.25) is 5.95 Å². The Balaban J connectivity index is 1.63. The highest BCUT2D eigenvalue weighted by atomic mass is 16.6. The lowest BCUT2D eigenvalue weighted by atomic mass is 9.96. The number of non-ortho nitro benzene ring substituents is 1. The molecule has 2 aromatic carbocycles. The molecule has 1 aliphatic rings. The van der Waals surface area contributed by atoms with Gasteiger partial charge in [0.25, 0.3) is 5.69 Å². The Morgan fingerprint density at radius 2 is 1.79 bits per heavy atom. The molecule has 11 nitrogen and oxygen atoms in total. The van der Waals surface area contributed by atoms with Gasteiger partial charge in [-0.1, -0.05) is 19.3 Å². The number of rotatable bonds is 6. The number of nitrogens with zero attached hydrogens (tertiary/aromatic N) is 3. The molecule has 0 atom stereocenters. The van der Waals surface area contributed by atoms with Crippen LogP contribution in [0.25, 0.3) is 10.9 Å². The minimum atomic E-state index is -0.502. The molecule has 1 aromatic heterocycles. The second-order valence-electron chi connectivity index (χ2n) is 7.98. The Bertz CT molecular complexity index is 1220. The van der Waals surface area contributed by atoms with Crippen molar-refractivity contribution in [2.75, 3.05) is 17.7 Å². The van der Waals surface area contributed by atoms with Crippen molar-refractivity contribution in [3.8, 4) is 0 Å². The molecule has 4 rings (SSSR count). The lowest BCUT2D eigenvalue weighted by Gasteiger charge is -2.22. The topological polar surface area (TPSA) is 148 Å². The number of methoxy groups -OCH3 is 1. The first-order valence-electron chi connectivity index (χ1n) is 10.9. The van der Waals surface area contributed by atoms with E-state index in [0.29, 0.717) is 22.2 Å². The maximum absolute atomic E-state index is 12.5. The van der Waals surface area contributed by atoms with Gasteiger partial charge in [-0.25, -0.2) is 14.6 Å². The van der Waals surface area contributed by atoms with Gasteiger partial charge in [-0.2, -0.15) is 4.98 Å². The average molecular weight is 464 g/mol. The Morgan fingerprint density at radius 3 is 2.47 bits per heavy atom. The van der Waals surface area contributed by atoms with Crippen LogP contribution in [0.1, 0.15) is 42.5 Å². The van der Waals surface area contributed by atoms with Gasteiger partial charge in [0.05, 0.1) is 23.1 Å². The zero-order valence-corrected chi connectivity index (χ0v) is 18.5. The molecule has 1 saturated carbocycles. The van der Waals surface area contributed by atoms with Crippen LogP contribution in [0.3, 0.4) is 0 Å². The van der Waals surface area contributed by atoms with Gasteiger partial charge in [-0.05, 0) is 43.2 Å². The predicted octanol–water partition coefficient (Wildman–Crippen LogP) is 4.52. The summed E-state index contributed by atoms with van der Waals surface area (Å²) in [6.45, 7) is 0. The van der Waals surface area contributed by atoms with E-state index in [1.54, 1.807) is 24.3 Å². The molecule has 1 heterocycles. The second-order valence-corrected chi connectivity index (χ2v) is 7.98. The molecule has 34 heavy (non-hydrogen) atoms. The number of benzene rings is 2. The van der Waals surface area contributed by atoms with Gasteiger partial charge in [0, 0.05) is 29.2 Å². The molecule has 3 N–H and O–H groups in total. The van der Waals surface area contributed by atoms with Gasteiger partial charge in [0.1, 0.15) is 5.82 Å². The van der Waals surface area contributed by atoms with Crippen molar-refractivity contribution in [3.63, 3.8) is 0 Å². The molecule has 3 aromatic rings. The number of anilines is 3. The smallest absolute Gasteiger partial charge is 0.337 e. The molecule has 0 spiro atoms. The number of aromatic nitrogens is 2. The van der Waals surface area contributed by atoms with Crippen molar-refractivity contribution >= 4 is 46.0 Å². The number of hydrogen-bond donors (Lipinski definition) is 3. The van der Waals surface area contributed by atoms with E-state index in [1.807, 2.05) is 0 Å². The maximum Gasteiger partial charge on any atom is 0.337 e. The van der Waals surface area contributed by atoms with E-state index in [2.05, 4.69) is 25.9 Å². The Kier molecular flexibility index (Phi) is 6.81. The number of fused-ring (bicyclic) bond motifs is 1. The SMILES string of the molecule is COC(=O)c1ccc(Nc2nc(NC(=O)NC3CCCCC3)nc3ccc([N+](=O)[O-])cc23)cc1. The van der Waals surface area contributed by atoms with Crippen LogP contribution in [0.15, 0.2) is 42.5 Å². The van der Waals surface area contributed by atoms with Crippen molar-refractivity contribution in [1.82, 2.24) is 15.3 Å². The number of esters is 1. The molecule has 0 unspecified atom stereocenters. The summed E-state index contributed by atoms with van der Waals surface area (Å²) in [5.41, 5.74) is 1.26. The molecule has 0 bridgehead atoms. The highest BCUT2D eigenvalue weighted by Crippen LogP contribution is 2.29. The van der Waals surface area contributed by atoms with Crippen LogP contribution < -0.4 is 16.0 Å². The summed E-state index contributed by atoms with van der Waals surface area (Å²) in [5.74, 6) is -0.138. The second kappa shape index (κ2) is 10.1. The third-order valence-electron chi connectivity index (χ3n) is 5.62. The maximum atomic E-state index is 12.5. The summed E-state index contributed by atoms with van der Waals surface area (Å²) in [6.07, 6.45) is 5.21. The van der Waals surface area contributed by atoms with E-state index < -0.39 is 16.9 Å². The lowest BCUT2D eigenvalue weighted by molar-refractivity contribution is -0.384. The van der Waals surface area contributed by atoms with Crippen molar-refractivity contribution in [2.45, 2.75) is 38.1 Å². The molecule has 2 amide bonds. The van der Waals surface area contributed by atoms with Crippen molar-refractivity contribution in [2.24, 2.45) is 0 Å². The molecule has 0 radical (unpaired) electrons. The van der Waals surface area contributed by atoms with E-state index in [4.69, 9.17) is 4.74 Å². The molecule has 0 saturated heterocycles. The first kappa shape index (κ1) is 22.9. The Hall–Kier alpha value is -4.28. The first-order valence-corrected chi connectivity index (χ1v) is 10.9. The van der Waals surface area contributed by atoms with Crippen LogP contribution in [-0.4, -0.2) is 40.0 Å². The molecule has 1 fully saturated rings. The third-order valence-corrected chi connectivity index (χ3v) is 5.62. The summed E-state index contributed by atoms with van der Waals surface area (Å²) < 4.78 is 4.70. The number of ether oxygens (including phenoxy) is 1. The third kappa shape index (κ3) is 5.37. The summed E-state index contributed by atoms with van der Waals surface area (Å²) in [7, 11) is 1.30. The first-order chi connectivity index (χ1) is 16.4. The standard InChI is InChI=1S/C23H24N6O5/c1-34-21(30)14-7-9-16(10-8-14)24-20-18-13-17(29(32)33)11-12-19(18)26-22(27-20)28-23(31)25-15-5-3-2-4-6-15/h7-13,15H,2-6H2,1H3,(H3,24,25,26,27,28,31). The van der Waals surface area contributed by atoms with Gasteiger partial charge < -0.3 is 15.4 Å². The van der Waals surface area contributed by atoms with Crippen LogP contribution in [-0.2, 0) is 4.74 Å². The number of urea groups is 1. The number of nitro benzene ring substituents is 1. The van der Waals surface area contributed by atoms with E-state index >= 15 is 0 Å². The zero-order chi connectivity index (χ0) is 24.1. The van der Waals surface area contributed by atoms with Crippen molar-refractivity contribution in [1.29, 1.82) is 0 Å². The van der Waals surface area contributed by atoms with E-state index in [-0.39, 0.29) is 23.5 Å². The quantitative estimate of drug-likeness (QED) is 0.274. The monoisotopic (exact) mass is 464 g/mol. The Labute approximate surface area is 195 Å². The highest BCUT2D eigenvalue weighted by molar-refractivity contribution is 5.96. The van der Waals surface area contributed by atoms with Gasteiger partial charge in [-0.3, -0.25) is 15.4 Å². The van der Waals surface area contributed by atoms with Crippen LogP contribution in [0.5, 0.6) is 0 Å². The van der Waals surface area contributed by atoms with Crippen LogP contribution >= 0.6 is 0 Å². The molecule has 0 aliphatic heterocycles. The fraction of sp³-hybridized carbons (Fsp3) is 0.304. The van der Waals surface area contributed by atoms with Crippen LogP contribution in [0.4, 0.5) is 27.9 Å². The molecular formula is C23H24N6O5. The molecular weight excluding hydrogens is 440 g/mol. The van der Waals surface area contributed by atoms with Gasteiger partial charge in [-0.15, -0.1) is 0 Å². The van der Waals surface area contributed by atoms with Crippen LogP contribution in [0.2, 0.25) is 0 Å². The van der Waals surface area contributed by atoms with Gasteiger partial charge in [0.15, 0.2) is 0 Å². The van der Waals surface area contributed by atoms with E-state index in [9.17, 15) is 19.7 Å². The Morgan fingerprint density at radius 1 is 1.06 bits per heavy atom. The van der Waals surface area contributed by atoms with E-state index in [0.717, 1.165) is 25.7 Å². The summed E-state index contributed by atoms with van der Waals surface area (Å²) in [5, 5.41) is 20.4. The fourth-order valence-corrected chi connectivity index (χ4v) is 3.90. The molecule has 11 heteroatoms. The predicted molar refractivity (Wildman–Crippen MR) is 126 cm³/mol. The number of nitro groups is 1. The largest absolute Gasteiger partial charge is 0.465 e. The normalized spacial score (nSPS) is 13.8. The summed E-state index contributed by atoms with van der Waals surface area (Å²) in [6, 6.07) is 10.4. The number of nitrogens with one attached hydrogen (secondary N) is 3. The summed E-state index contributed by atoms with van der Waals surface area (Å²) >= 11 is 0. The van der Waals surface area contributed by atoms with Crippen molar-refractivity contribution < 1.29 is 19.2 Å². The highest BCUT2D eigenvalue weighted by Gasteiger charge is 2.18. The zero-order valence-electron chi connectivity index (χ0n) is 18.5. The minimum Gasteiger partial charge on any atom is -0.465 e. The number of hydrogen-bond acceptors (Lipinski definition) is 8. The van der Waals surface area contributed by atoms with E-state index in [1.165, 1.54) is 31.7 Å². The average Bonchev–Trinajstić information content (AvgIpc) is 2.84. The van der Waals surface area contributed by atoms with Crippen LogP contribution in [0, 0.1) is 10.1 Å². The molecule has 176 valence electrons. The summed E-state index contributed by atoms with van der Waals surface area (Å²) in [4.78, 5) is 43.7. The fourth-order valence-electron chi connectivity index (χ4n) is 3.90. The van der Waals surface area contributed by atoms with Gasteiger partial charge >= 0.3 is 12.0 Å². The number of amides is 2. The molecule has 1 aliphatic carbocycles.